The van der Waals surface area contributed by atoms with Crippen molar-refractivity contribution in [2.75, 3.05) is 13.2 Å². The van der Waals surface area contributed by atoms with Crippen LogP contribution in [-0.2, 0) is 16.0 Å². The van der Waals surface area contributed by atoms with Crippen LogP contribution < -0.4 is 9.47 Å². The van der Waals surface area contributed by atoms with E-state index < -0.39 is 0 Å². The van der Waals surface area contributed by atoms with Crippen LogP contribution in [0.15, 0.2) is 180 Å². The molecule has 0 aliphatic rings. The van der Waals surface area contributed by atoms with Gasteiger partial charge in [-0.3, -0.25) is 9.98 Å². The third kappa shape index (κ3) is 30.5. The van der Waals surface area contributed by atoms with Gasteiger partial charge in [-0.15, -0.1) is 0 Å². The number of aliphatic imine (C=N–C) groups is 2. The first-order chi connectivity index (χ1) is 44.9. The number of hydrogen-bond donors (Lipinski definition) is 0. The summed E-state index contributed by atoms with van der Waals surface area (Å²) in [6, 6.07) is 54.8. The van der Waals surface area contributed by atoms with Gasteiger partial charge in [-0.25, -0.2) is 0 Å². The molecule has 0 bridgehead atoms. The van der Waals surface area contributed by atoms with Gasteiger partial charge in [0.15, 0.2) is 0 Å². The Morgan fingerprint density at radius 2 is 0.593 bits per heavy atom. The fraction of sp³-hybridized carbons (Fsp3) is 0.494. The van der Waals surface area contributed by atoms with E-state index in [2.05, 4.69) is 187 Å². The van der Waals surface area contributed by atoms with Crippen LogP contribution in [0.1, 0.15) is 264 Å². The average Bonchev–Trinajstić information content (AvgIpc) is 3.13. The molecule has 0 atom stereocenters. The quantitative estimate of drug-likeness (QED) is 0.0217. The summed E-state index contributed by atoms with van der Waals surface area (Å²) in [4.78, 5) is 14.0. The first-order valence-electron chi connectivity index (χ1n) is 36.4. The summed E-state index contributed by atoms with van der Waals surface area (Å²) in [5.41, 5.74) is 12.7. The summed E-state index contributed by atoms with van der Waals surface area (Å²) < 4.78 is 14.1. The van der Waals surface area contributed by atoms with Crippen molar-refractivity contribution in [3.8, 4) is 56.0 Å². The van der Waals surface area contributed by atoms with Crippen molar-refractivity contribution in [2.24, 2.45) is 9.98 Å². The number of benzene rings is 6. The van der Waals surface area contributed by atoms with E-state index in [9.17, 15) is 0 Å². The van der Waals surface area contributed by atoms with E-state index in [4.69, 9.17) is 19.5 Å². The molecule has 491 valence electrons. The van der Waals surface area contributed by atoms with Gasteiger partial charge in [-0.05, 0) is 42.7 Å². The molecular weight excluding hydrogens is 1150 g/mol. The van der Waals surface area contributed by atoms with Crippen molar-refractivity contribution in [3.63, 3.8) is 0 Å². The Labute approximate surface area is 562 Å². The molecule has 91 heavy (non-hydrogen) atoms. The molecule has 0 amide bonds. The SMILES string of the molecule is CCCCCCCCCCCCCCCCCCCCOc1c(-c2ccccc2)cc(N=C(C)c2cccnc2)cc1-c1ccccc1.CCCCCCCCCCCCCCCCCCCCOc1c(-c2ccccc2)cc(N=[C](C)[Fe])cc1-c1ccccc1. The second-order valence-corrected chi connectivity index (χ2v) is 26.3. The third-order valence-corrected chi connectivity index (χ3v) is 17.8. The molecule has 0 spiro atoms. The molecule has 1 heterocycles. The molecule has 0 saturated heterocycles. The summed E-state index contributed by atoms with van der Waals surface area (Å²) in [5.74, 6) is 1.89. The maximum atomic E-state index is 6.69. The van der Waals surface area contributed by atoms with Crippen LogP contribution in [0.5, 0.6) is 11.5 Å². The Balaban J connectivity index is 0.000000291. The number of nitrogens with zero attached hydrogens (tertiary/aromatic N) is 3. The molecule has 0 saturated carbocycles. The van der Waals surface area contributed by atoms with Gasteiger partial charge in [0.25, 0.3) is 0 Å². The zero-order valence-corrected chi connectivity index (χ0v) is 58.2. The third-order valence-electron chi connectivity index (χ3n) is 17.6. The number of aromatic nitrogens is 1. The van der Waals surface area contributed by atoms with Crippen LogP contribution in [0, 0.1) is 0 Å². The fourth-order valence-electron chi connectivity index (χ4n) is 12.4. The second-order valence-electron chi connectivity index (χ2n) is 25.5. The molecule has 0 aliphatic heterocycles. The van der Waals surface area contributed by atoms with Gasteiger partial charge in [0.1, 0.15) is 5.75 Å². The first kappa shape index (κ1) is 74.0. The molecular formula is C85H116FeN3O2. The van der Waals surface area contributed by atoms with Crippen LogP contribution in [0.2, 0.25) is 0 Å². The Morgan fingerprint density at radius 1 is 0.330 bits per heavy atom. The predicted octanol–water partition coefficient (Wildman–Crippen LogP) is 27.0. The fourth-order valence-corrected chi connectivity index (χ4v) is 12.5. The molecule has 7 rings (SSSR count). The van der Waals surface area contributed by atoms with Gasteiger partial charge < -0.3 is 4.74 Å². The van der Waals surface area contributed by atoms with Crippen LogP contribution in [-0.4, -0.2) is 28.5 Å². The molecule has 0 radical (unpaired) electrons. The maximum absolute atomic E-state index is 6.69. The monoisotopic (exact) mass is 1270 g/mol. The van der Waals surface area contributed by atoms with E-state index in [-0.39, 0.29) is 0 Å². The summed E-state index contributed by atoms with van der Waals surface area (Å²) in [5, 5.41) is 0. The Morgan fingerprint density at radius 3 is 0.846 bits per heavy atom. The van der Waals surface area contributed by atoms with Gasteiger partial charge in [0.05, 0.1) is 12.3 Å². The van der Waals surface area contributed by atoms with Crippen LogP contribution in [0.25, 0.3) is 44.5 Å². The van der Waals surface area contributed by atoms with E-state index in [1.165, 1.54) is 218 Å². The van der Waals surface area contributed by atoms with Crippen LogP contribution >= 0.6 is 0 Å². The van der Waals surface area contributed by atoms with Gasteiger partial charge in [0.2, 0.25) is 0 Å². The average molecular weight is 1270 g/mol. The number of hydrogen-bond acceptors (Lipinski definition) is 5. The molecule has 6 aromatic carbocycles. The summed E-state index contributed by atoms with van der Waals surface area (Å²) in [6.45, 7) is 10.0. The van der Waals surface area contributed by atoms with E-state index >= 15 is 0 Å². The number of pyridine rings is 1. The number of rotatable bonds is 47. The van der Waals surface area contributed by atoms with E-state index in [0.29, 0.717) is 0 Å². The Kier molecular flexibility index (Phi) is 38.8. The zero-order valence-electron chi connectivity index (χ0n) is 57.0. The molecule has 7 aromatic rings. The van der Waals surface area contributed by atoms with Crippen LogP contribution in [0.4, 0.5) is 11.4 Å². The van der Waals surface area contributed by atoms with Crippen molar-refractivity contribution in [1.29, 1.82) is 0 Å². The molecule has 0 unspecified atom stereocenters. The van der Waals surface area contributed by atoms with Gasteiger partial charge >= 0.3 is 176 Å². The normalized spacial score (nSPS) is 11.6. The predicted molar refractivity (Wildman–Crippen MR) is 392 cm³/mol. The zero-order chi connectivity index (χ0) is 63.9. The van der Waals surface area contributed by atoms with Crippen molar-refractivity contribution in [3.05, 3.63) is 176 Å². The minimum absolute atomic E-state index is 0.718. The molecule has 0 aliphatic carbocycles. The molecule has 0 N–H and O–H groups in total. The first-order valence-corrected chi connectivity index (χ1v) is 37.0. The van der Waals surface area contributed by atoms with Crippen molar-refractivity contribution >= 4 is 21.7 Å². The minimum atomic E-state index is 0.718. The van der Waals surface area contributed by atoms with Crippen molar-refractivity contribution in [1.82, 2.24) is 4.98 Å². The summed E-state index contributed by atoms with van der Waals surface area (Å²) in [6.07, 6.45) is 53.4. The van der Waals surface area contributed by atoms with Gasteiger partial charge in [-0.2, -0.15) is 0 Å². The summed E-state index contributed by atoms with van der Waals surface area (Å²) in [7, 11) is 0. The van der Waals surface area contributed by atoms with Crippen LogP contribution in [0.3, 0.4) is 0 Å². The molecule has 0 fully saturated rings. The molecule has 5 nitrogen and oxygen atoms in total. The molecule has 1 aromatic heterocycles. The van der Waals surface area contributed by atoms with Crippen molar-refractivity contribution in [2.45, 2.75) is 259 Å². The Bertz CT molecular complexity index is 2870. The summed E-state index contributed by atoms with van der Waals surface area (Å²) >= 11 is 4.01. The molecule has 6 heteroatoms. The van der Waals surface area contributed by atoms with Gasteiger partial charge in [0, 0.05) is 34.8 Å². The second kappa shape index (κ2) is 47.8. The number of unbranched alkanes of at least 4 members (excludes halogenated alkanes) is 34. The van der Waals surface area contributed by atoms with E-state index in [1.54, 1.807) is 6.20 Å². The van der Waals surface area contributed by atoms with E-state index in [0.717, 1.165) is 109 Å². The van der Waals surface area contributed by atoms with Gasteiger partial charge in [-0.1, -0.05) is 280 Å². The van der Waals surface area contributed by atoms with Crippen molar-refractivity contribution < 1.29 is 25.5 Å². The number of ether oxygens (including phenoxy) is 2. The Hall–Kier alpha value is -6.07. The van der Waals surface area contributed by atoms with E-state index in [1.807, 2.05) is 26.1 Å². The topological polar surface area (TPSA) is 56.1 Å². The standard InChI is InChI=1S/C45H60N2O.C40H56NO.Fe/c1-3-4-5-6-7-8-9-10-11-12-13-14-15-16-17-18-19-26-34-48-45-43(39-28-22-20-23-29-39)35-42(36-44(45)40-30-24-21-25-31-40)47-38(2)41-32-27-33-46-37-41;1-3-5-6-7-8-9-10-11-12-13-14-15-16-17-18-19-20-27-32-42-40-38(35-28-23-21-24-29-35)33-37(41-4-2)34-39(40)36-30-25-22-26-31-36;/h20-25,27-33,35-37H,3-19,26,34H2,1-2H3;21-26,28-31,33-34H,3,5-20,27,32H2,1-2H3;.